The molecule has 1 aromatic carbocycles. The summed E-state index contributed by atoms with van der Waals surface area (Å²) in [7, 11) is 0. The molecule has 2 heterocycles. The molecule has 6 nitrogen and oxygen atoms in total. The number of nitrogens with one attached hydrogen (secondary N) is 1. The quantitative estimate of drug-likeness (QED) is 0.817. The van der Waals surface area contributed by atoms with Gasteiger partial charge in [-0.3, -0.25) is 9.59 Å². The van der Waals surface area contributed by atoms with E-state index in [4.69, 9.17) is 4.74 Å². The van der Waals surface area contributed by atoms with Gasteiger partial charge in [-0.25, -0.2) is 0 Å². The van der Waals surface area contributed by atoms with E-state index in [9.17, 15) is 14.7 Å². The number of hydrogen-bond acceptors (Lipinski definition) is 4. The average Bonchev–Trinajstić information content (AvgIpc) is 3.30. The van der Waals surface area contributed by atoms with Crippen molar-refractivity contribution in [1.29, 1.82) is 0 Å². The van der Waals surface area contributed by atoms with Gasteiger partial charge in [0.25, 0.3) is 0 Å². The third-order valence-electron chi connectivity index (χ3n) is 6.53. The van der Waals surface area contributed by atoms with Crippen molar-refractivity contribution in [3.8, 4) is 0 Å². The number of amides is 2. The molecule has 2 bridgehead atoms. The number of likely N-dealkylation sites (tertiary alicyclic amines) is 1. The molecular weight excluding hydrogens is 320 g/mol. The molecule has 0 radical (unpaired) electrons. The van der Waals surface area contributed by atoms with Crippen molar-refractivity contribution in [2.24, 2.45) is 23.7 Å². The molecule has 1 aromatic rings. The smallest absolute Gasteiger partial charge is 0.228 e. The van der Waals surface area contributed by atoms with E-state index in [1.165, 1.54) is 0 Å². The van der Waals surface area contributed by atoms with Crippen LogP contribution in [0.4, 0.5) is 0 Å². The lowest BCUT2D eigenvalue weighted by atomic mass is 9.80. The molecule has 132 valence electrons. The molecule has 0 spiro atoms. The van der Waals surface area contributed by atoms with Crippen molar-refractivity contribution >= 4 is 11.8 Å². The molecule has 2 saturated heterocycles. The van der Waals surface area contributed by atoms with Gasteiger partial charge in [0, 0.05) is 25.4 Å². The maximum atomic E-state index is 12.8. The van der Waals surface area contributed by atoms with Crippen LogP contribution in [-0.4, -0.2) is 46.8 Å². The molecule has 6 heteroatoms. The minimum atomic E-state index is -0.489. The number of benzene rings is 1. The maximum Gasteiger partial charge on any atom is 0.228 e. The predicted octanol–water partition coefficient (Wildman–Crippen LogP) is 0.503. The van der Waals surface area contributed by atoms with Gasteiger partial charge in [0.1, 0.15) is 6.23 Å². The molecule has 25 heavy (non-hydrogen) atoms. The van der Waals surface area contributed by atoms with E-state index in [0.717, 1.165) is 12.0 Å². The third-order valence-corrected chi connectivity index (χ3v) is 6.53. The molecule has 7 atom stereocenters. The van der Waals surface area contributed by atoms with Gasteiger partial charge in [-0.2, -0.15) is 0 Å². The molecule has 2 N–H and O–H groups in total. The Morgan fingerprint density at radius 1 is 1.28 bits per heavy atom. The van der Waals surface area contributed by atoms with E-state index in [1.807, 2.05) is 30.3 Å². The van der Waals surface area contributed by atoms with Crippen LogP contribution in [0, 0.1) is 23.7 Å². The monoisotopic (exact) mass is 342 g/mol. The van der Waals surface area contributed by atoms with E-state index in [1.54, 1.807) is 4.90 Å². The molecule has 2 aliphatic carbocycles. The molecule has 4 aliphatic rings. The van der Waals surface area contributed by atoms with Gasteiger partial charge in [-0.05, 0) is 23.8 Å². The first kappa shape index (κ1) is 15.3. The van der Waals surface area contributed by atoms with Gasteiger partial charge >= 0.3 is 0 Å². The minimum absolute atomic E-state index is 0.0504. The summed E-state index contributed by atoms with van der Waals surface area (Å²) < 4.78 is 6.01. The third kappa shape index (κ3) is 2.17. The molecular formula is C19H22N2O4. The normalized spacial score (nSPS) is 40.1. The lowest BCUT2D eigenvalue weighted by Gasteiger charge is -2.30. The van der Waals surface area contributed by atoms with E-state index in [2.05, 4.69) is 5.32 Å². The Bertz CT molecular complexity index is 709. The highest BCUT2D eigenvalue weighted by molar-refractivity contribution is 5.84. The van der Waals surface area contributed by atoms with Crippen molar-refractivity contribution in [2.45, 2.75) is 37.8 Å². The number of aliphatic hydroxyl groups is 1. The summed E-state index contributed by atoms with van der Waals surface area (Å²) >= 11 is 0. The standard InChI is InChI=1S/C19H22N2O4/c22-13(20-9-10-4-2-1-3-5-10)6-7-21-18(24)14-11-8-12-15(14)19(21)25-17(12)16(11)23/h1-5,11-12,14-17,19,23H,6-9H2,(H,20,22). The fourth-order valence-electron chi connectivity index (χ4n) is 5.48. The predicted molar refractivity (Wildman–Crippen MR) is 87.9 cm³/mol. The number of hydrogen-bond donors (Lipinski definition) is 2. The number of rotatable bonds is 5. The Morgan fingerprint density at radius 3 is 2.88 bits per heavy atom. The zero-order valence-corrected chi connectivity index (χ0v) is 13.9. The number of fused-ring (bicyclic) bond motifs is 2. The maximum absolute atomic E-state index is 12.8. The van der Waals surface area contributed by atoms with Crippen LogP contribution in [0.1, 0.15) is 18.4 Å². The summed E-state index contributed by atoms with van der Waals surface area (Å²) in [5.74, 6) is 0.490. The van der Waals surface area contributed by atoms with E-state index < -0.39 is 6.10 Å². The first-order valence-corrected chi connectivity index (χ1v) is 9.10. The van der Waals surface area contributed by atoms with Crippen molar-refractivity contribution in [3.63, 3.8) is 0 Å². The van der Waals surface area contributed by atoms with Gasteiger partial charge in [0.15, 0.2) is 0 Å². The van der Waals surface area contributed by atoms with Gasteiger partial charge < -0.3 is 20.1 Å². The topological polar surface area (TPSA) is 78.9 Å². The molecule has 7 unspecified atom stereocenters. The van der Waals surface area contributed by atoms with Crippen molar-refractivity contribution in [2.75, 3.05) is 6.54 Å². The van der Waals surface area contributed by atoms with Crippen molar-refractivity contribution in [1.82, 2.24) is 10.2 Å². The largest absolute Gasteiger partial charge is 0.390 e. The van der Waals surface area contributed by atoms with Crippen molar-refractivity contribution in [3.05, 3.63) is 35.9 Å². The summed E-state index contributed by atoms with van der Waals surface area (Å²) in [6.07, 6.45) is 0.349. The SMILES string of the molecule is O=C(CCN1C(=O)C2C3CC4C(OC1C42)C3O)NCc1ccccc1. The molecule has 4 fully saturated rings. The van der Waals surface area contributed by atoms with Crippen molar-refractivity contribution < 1.29 is 19.4 Å². The summed E-state index contributed by atoms with van der Waals surface area (Å²) in [5, 5.41) is 13.2. The highest BCUT2D eigenvalue weighted by Gasteiger charge is 2.72. The molecule has 2 aliphatic heterocycles. The van der Waals surface area contributed by atoms with Crippen LogP contribution >= 0.6 is 0 Å². The van der Waals surface area contributed by atoms with E-state index in [-0.39, 0.29) is 48.3 Å². The molecule has 5 rings (SSSR count). The molecule has 2 saturated carbocycles. The van der Waals surface area contributed by atoms with Crippen LogP contribution in [0.5, 0.6) is 0 Å². The number of ether oxygens (including phenoxy) is 1. The summed E-state index contributed by atoms with van der Waals surface area (Å²) in [5.41, 5.74) is 1.05. The Labute approximate surface area is 146 Å². The van der Waals surface area contributed by atoms with Crippen LogP contribution in [0.15, 0.2) is 30.3 Å². The second-order valence-electron chi connectivity index (χ2n) is 7.69. The summed E-state index contributed by atoms with van der Waals surface area (Å²) in [6.45, 7) is 0.886. The molecule has 0 aromatic heterocycles. The van der Waals surface area contributed by atoms with Crippen LogP contribution in [0.2, 0.25) is 0 Å². The number of aliphatic hydroxyl groups excluding tert-OH is 1. The van der Waals surface area contributed by atoms with Gasteiger partial charge in [0.2, 0.25) is 11.8 Å². The van der Waals surface area contributed by atoms with Gasteiger partial charge in [-0.1, -0.05) is 30.3 Å². The van der Waals surface area contributed by atoms with E-state index >= 15 is 0 Å². The lowest BCUT2D eigenvalue weighted by Crippen LogP contribution is -2.44. The minimum Gasteiger partial charge on any atom is -0.390 e. The zero-order chi connectivity index (χ0) is 17.1. The number of carbonyl (C=O) groups excluding carboxylic acids is 2. The Morgan fingerprint density at radius 2 is 2.08 bits per heavy atom. The van der Waals surface area contributed by atoms with E-state index in [0.29, 0.717) is 19.0 Å². The highest BCUT2D eigenvalue weighted by atomic mass is 16.5. The van der Waals surface area contributed by atoms with Crippen LogP contribution in [0.25, 0.3) is 0 Å². The summed E-state index contributed by atoms with van der Waals surface area (Å²) in [6, 6.07) is 9.76. The number of carbonyl (C=O) groups is 2. The second kappa shape index (κ2) is 5.54. The number of nitrogens with zero attached hydrogens (tertiary/aromatic N) is 1. The lowest BCUT2D eigenvalue weighted by molar-refractivity contribution is -0.151. The fourth-order valence-corrected chi connectivity index (χ4v) is 5.48. The first-order valence-electron chi connectivity index (χ1n) is 9.10. The Balaban J connectivity index is 1.19. The zero-order valence-electron chi connectivity index (χ0n) is 13.9. The Kier molecular flexibility index (Phi) is 3.40. The summed E-state index contributed by atoms with van der Waals surface area (Å²) in [4.78, 5) is 26.6. The average molecular weight is 342 g/mol. The Hall–Kier alpha value is -1.92. The molecule has 2 amide bonds. The fraction of sp³-hybridized carbons (Fsp3) is 0.579. The van der Waals surface area contributed by atoms with Crippen LogP contribution in [0.3, 0.4) is 0 Å². The first-order chi connectivity index (χ1) is 12.1. The second-order valence-corrected chi connectivity index (χ2v) is 7.69. The highest BCUT2D eigenvalue weighted by Crippen LogP contribution is 2.63. The van der Waals surface area contributed by atoms with Gasteiger partial charge in [0.05, 0.1) is 18.1 Å². The van der Waals surface area contributed by atoms with Crippen LogP contribution < -0.4 is 5.32 Å². The van der Waals surface area contributed by atoms with Crippen LogP contribution in [-0.2, 0) is 20.9 Å². The van der Waals surface area contributed by atoms with Gasteiger partial charge in [-0.15, -0.1) is 0 Å².